The van der Waals surface area contributed by atoms with Crippen LogP contribution in [0.15, 0.2) is 24.3 Å². The van der Waals surface area contributed by atoms with Crippen LogP contribution in [0.4, 0.5) is 0 Å². The molecule has 0 aliphatic carbocycles. The minimum Gasteiger partial charge on any atom is -0.504 e. The molecule has 0 bridgehead atoms. The number of aryl methyl sites for hydroxylation is 1. The van der Waals surface area contributed by atoms with Crippen molar-refractivity contribution in [3.63, 3.8) is 0 Å². The number of methoxy groups -OCH3 is 2. The molecule has 26 heavy (non-hydrogen) atoms. The van der Waals surface area contributed by atoms with Gasteiger partial charge in [-0.1, -0.05) is 0 Å². The first kappa shape index (κ1) is 21.9. The van der Waals surface area contributed by atoms with E-state index in [0.717, 1.165) is 46.7 Å². The predicted octanol–water partition coefficient (Wildman–Crippen LogP) is 2.45. The number of hydrogen-bond acceptors (Lipinski definition) is 5. The number of fused-ring (bicyclic) bond motifs is 1. The van der Waals surface area contributed by atoms with Crippen molar-refractivity contribution in [3.05, 3.63) is 46.5 Å². The molecule has 3 rings (SSSR count). The van der Waals surface area contributed by atoms with Crippen LogP contribution in [0.25, 0.3) is 0 Å². The Balaban J connectivity index is 0.00000169. The van der Waals surface area contributed by atoms with E-state index >= 15 is 0 Å². The summed E-state index contributed by atoms with van der Waals surface area (Å²) in [5.41, 5.74) is 4.14. The van der Waals surface area contributed by atoms with Gasteiger partial charge < -0.3 is 30.5 Å². The summed E-state index contributed by atoms with van der Waals surface area (Å²) < 4.78 is 11.0. The van der Waals surface area contributed by atoms with E-state index in [2.05, 4.69) is 5.32 Å². The SMILES string of the molecule is COc1cc(CC2NCCc3cc(O)c(O)cc32)c(OC)cc1C.Cl.O. The van der Waals surface area contributed by atoms with Gasteiger partial charge in [0.25, 0.3) is 0 Å². The Morgan fingerprint density at radius 3 is 2.35 bits per heavy atom. The molecule has 1 heterocycles. The minimum atomic E-state index is -0.0871. The number of phenols is 2. The van der Waals surface area contributed by atoms with Crippen molar-refractivity contribution in [2.24, 2.45) is 0 Å². The Morgan fingerprint density at radius 1 is 1.04 bits per heavy atom. The third kappa shape index (κ3) is 4.15. The van der Waals surface area contributed by atoms with Gasteiger partial charge in [0.15, 0.2) is 11.5 Å². The fourth-order valence-electron chi connectivity index (χ4n) is 3.34. The van der Waals surface area contributed by atoms with Crippen molar-refractivity contribution >= 4 is 12.4 Å². The van der Waals surface area contributed by atoms with E-state index in [1.807, 2.05) is 19.1 Å². The van der Waals surface area contributed by atoms with Crippen LogP contribution in [0.5, 0.6) is 23.0 Å². The number of halogens is 1. The van der Waals surface area contributed by atoms with E-state index in [-0.39, 0.29) is 35.4 Å². The lowest BCUT2D eigenvalue weighted by atomic mass is 9.89. The zero-order valence-electron chi connectivity index (χ0n) is 15.1. The number of benzene rings is 2. The predicted molar refractivity (Wildman–Crippen MR) is 103 cm³/mol. The van der Waals surface area contributed by atoms with Crippen molar-refractivity contribution in [2.75, 3.05) is 20.8 Å². The number of hydrogen-bond donors (Lipinski definition) is 3. The summed E-state index contributed by atoms with van der Waals surface area (Å²) in [5.74, 6) is 1.50. The molecule has 0 spiro atoms. The summed E-state index contributed by atoms with van der Waals surface area (Å²) in [6, 6.07) is 7.34. The Hall–Kier alpha value is -2.15. The molecule has 0 saturated carbocycles. The van der Waals surface area contributed by atoms with Crippen molar-refractivity contribution in [1.82, 2.24) is 5.32 Å². The van der Waals surface area contributed by atoms with E-state index in [4.69, 9.17) is 9.47 Å². The van der Waals surface area contributed by atoms with E-state index in [9.17, 15) is 10.2 Å². The highest BCUT2D eigenvalue weighted by molar-refractivity contribution is 5.85. The second kappa shape index (κ2) is 8.98. The zero-order valence-corrected chi connectivity index (χ0v) is 15.9. The fraction of sp³-hybridized carbons (Fsp3) is 0.368. The Morgan fingerprint density at radius 2 is 1.69 bits per heavy atom. The van der Waals surface area contributed by atoms with Gasteiger partial charge in [0.1, 0.15) is 11.5 Å². The van der Waals surface area contributed by atoms with Crippen molar-refractivity contribution in [1.29, 1.82) is 0 Å². The molecule has 1 aliphatic rings. The summed E-state index contributed by atoms with van der Waals surface area (Å²) in [6.45, 7) is 2.81. The largest absolute Gasteiger partial charge is 0.504 e. The smallest absolute Gasteiger partial charge is 0.157 e. The average Bonchev–Trinajstić information content (AvgIpc) is 2.57. The molecule has 0 amide bonds. The maximum Gasteiger partial charge on any atom is 0.157 e. The molecule has 0 saturated heterocycles. The number of rotatable bonds is 4. The van der Waals surface area contributed by atoms with Gasteiger partial charge in [0.05, 0.1) is 14.2 Å². The Bertz CT molecular complexity index is 766. The lowest BCUT2D eigenvalue weighted by Gasteiger charge is -2.28. The first-order chi connectivity index (χ1) is 11.5. The molecule has 0 aromatic heterocycles. The summed E-state index contributed by atoms with van der Waals surface area (Å²) in [6.07, 6.45) is 1.53. The van der Waals surface area contributed by atoms with Crippen LogP contribution in [0.2, 0.25) is 0 Å². The minimum absolute atomic E-state index is 0. The second-order valence-electron chi connectivity index (χ2n) is 6.13. The highest BCUT2D eigenvalue weighted by Crippen LogP contribution is 2.37. The second-order valence-corrected chi connectivity index (χ2v) is 6.13. The van der Waals surface area contributed by atoms with Gasteiger partial charge in [0, 0.05) is 6.04 Å². The summed E-state index contributed by atoms with van der Waals surface area (Å²) in [7, 11) is 3.32. The zero-order chi connectivity index (χ0) is 17.3. The van der Waals surface area contributed by atoms with Gasteiger partial charge in [-0.3, -0.25) is 0 Å². The van der Waals surface area contributed by atoms with Crippen LogP contribution in [0.1, 0.15) is 28.3 Å². The fourth-order valence-corrected chi connectivity index (χ4v) is 3.34. The number of nitrogens with one attached hydrogen (secondary N) is 1. The van der Waals surface area contributed by atoms with Crippen molar-refractivity contribution in [3.8, 4) is 23.0 Å². The number of aromatic hydroxyl groups is 2. The molecular formula is C19H26ClNO5. The van der Waals surface area contributed by atoms with E-state index in [1.165, 1.54) is 0 Å². The number of ether oxygens (including phenoxy) is 2. The quantitative estimate of drug-likeness (QED) is 0.704. The van der Waals surface area contributed by atoms with Crippen LogP contribution in [-0.4, -0.2) is 36.5 Å². The van der Waals surface area contributed by atoms with Gasteiger partial charge in [-0.2, -0.15) is 0 Å². The van der Waals surface area contributed by atoms with Crippen LogP contribution in [0, 0.1) is 6.92 Å². The summed E-state index contributed by atoms with van der Waals surface area (Å²) in [5, 5.41) is 23.1. The molecular weight excluding hydrogens is 358 g/mol. The monoisotopic (exact) mass is 383 g/mol. The van der Waals surface area contributed by atoms with E-state index < -0.39 is 0 Å². The highest BCUT2D eigenvalue weighted by atomic mass is 35.5. The van der Waals surface area contributed by atoms with Crippen LogP contribution >= 0.6 is 12.4 Å². The Labute approximate surface area is 159 Å². The van der Waals surface area contributed by atoms with Crippen molar-refractivity contribution in [2.45, 2.75) is 25.8 Å². The molecule has 2 aromatic rings. The maximum atomic E-state index is 9.86. The maximum absolute atomic E-state index is 9.86. The van der Waals surface area contributed by atoms with Gasteiger partial charge in [-0.25, -0.2) is 0 Å². The molecule has 1 aliphatic heterocycles. The average molecular weight is 384 g/mol. The lowest BCUT2D eigenvalue weighted by Crippen LogP contribution is -2.31. The van der Waals surface area contributed by atoms with Crippen LogP contribution in [-0.2, 0) is 12.8 Å². The summed E-state index contributed by atoms with van der Waals surface area (Å²) in [4.78, 5) is 0. The number of phenolic OH excluding ortho intramolecular Hbond substituents is 2. The molecule has 5 N–H and O–H groups in total. The lowest BCUT2D eigenvalue weighted by molar-refractivity contribution is 0.389. The molecule has 7 heteroatoms. The third-order valence-corrected chi connectivity index (χ3v) is 4.62. The van der Waals surface area contributed by atoms with Crippen LogP contribution in [0.3, 0.4) is 0 Å². The first-order valence-corrected chi connectivity index (χ1v) is 8.03. The first-order valence-electron chi connectivity index (χ1n) is 8.03. The molecule has 6 nitrogen and oxygen atoms in total. The standard InChI is InChI=1S/C19H23NO4.ClH.H2O/c1-11-6-19(24-3)13(9-18(11)23-2)7-15-14-10-17(22)16(21)8-12(14)4-5-20-15;;/h6,8-10,15,20-22H,4-5,7H2,1-3H3;1H;1H2. The molecule has 144 valence electrons. The van der Waals surface area contributed by atoms with E-state index in [1.54, 1.807) is 26.4 Å². The van der Waals surface area contributed by atoms with E-state index in [0.29, 0.717) is 6.42 Å². The summed E-state index contributed by atoms with van der Waals surface area (Å²) >= 11 is 0. The normalized spacial score (nSPS) is 15.3. The Kier molecular flexibility index (Phi) is 7.56. The van der Waals surface area contributed by atoms with Gasteiger partial charge >= 0.3 is 0 Å². The topological polar surface area (TPSA) is 102 Å². The molecule has 1 atom stereocenters. The molecule has 0 fully saturated rings. The van der Waals surface area contributed by atoms with Gasteiger partial charge in [0.2, 0.25) is 0 Å². The van der Waals surface area contributed by atoms with Gasteiger partial charge in [-0.15, -0.1) is 12.4 Å². The van der Waals surface area contributed by atoms with Crippen molar-refractivity contribution < 1.29 is 25.2 Å². The van der Waals surface area contributed by atoms with Gasteiger partial charge in [-0.05, 0) is 72.8 Å². The molecule has 0 radical (unpaired) electrons. The molecule has 1 unspecified atom stereocenters. The van der Waals surface area contributed by atoms with Crippen LogP contribution < -0.4 is 14.8 Å². The highest BCUT2D eigenvalue weighted by Gasteiger charge is 2.23. The third-order valence-electron chi connectivity index (χ3n) is 4.62. The molecule has 2 aromatic carbocycles.